The molecule has 1 amide bonds. The first-order valence-electron chi connectivity index (χ1n) is 5.28. The smallest absolute Gasteiger partial charge is 0.307 e. The van der Waals surface area contributed by atoms with E-state index < -0.39 is 11.7 Å². The van der Waals surface area contributed by atoms with Crippen molar-refractivity contribution in [1.82, 2.24) is 4.90 Å². The number of nitrogens with zero attached hydrogens (tertiary/aromatic N) is 1. The van der Waals surface area contributed by atoms with Crippen LogP contribution in [0.15, 0.2) is 11.8 Å². The third kappa shape index (κ3) is 1.61. The molecule has 0 radical (unpaired) electrons. The molecule has 5 nitrogen and oxygen atoms in total. The van der Waals surface area contributed by atoms with Crippen molar-refractivity contribution in [2.24, 2.45) is 0 Å². The molecule has 1 unspecified atom stereocenters. The minimum Gasteiger partial charge on any atom is -0.434 e. The summed E-state index contributed by atoms with van der Waals surface area (Å²) >= 11 is 0. The summed E-state index contributed by atoms with van der Waals surface area (Å²) < 4.78 is 10.3. The lowest BCUT2D eigenvalue weighted by atomic mass is 9.88. The molecule has 2 heterocycles. The zero-order chi connectivity index (χ0) is 11.9. The molecule has 2 saturated heterocycles. The van der Waals surface area contributed by atoms with Gasteiger partial charge in [-0.25, -0.2) is 0 Å². The Labute approximate surface area is 94.0 Å². The second kappa shape index (κ2) is 3.59. The average molecular weight is 225 g/mol. The average Bonchev–Trinajstić information content (AvgIpc) is 2.14. The Morgan fingerprint density at radius 1 is 1.62 bits per heavy atom. The molecule has 0 aliphatic carbocycles. The zero-order valence-electron chi connectivity index (χ0n) is 9.65. The fourth-order valence-corrected chi connectivity index (χ4v) is 2.17. The molecule has 0 bridgehead atoms. The summed E-state index contributed by atoms with van der Waals surface area (Å²) in [5.74, 6) is -0.527. The molecule has 2 rings (SSSR count). The Balaban J connectivity index is 2.14. The van der Waals surface area contributed by atoms with Gasteiger partial charge in [0.05, 0.1) is 18.2 Å². The largest absolute Gasteiger partial charge is 0.434 e. The maximum Gasteiger partial charge on any atom is 0.307 e. The van der Waals surface area contributed by atoms with Gasteiger partial charge in [-0.2, -0.15) is 0 Å². The van der Waals surface area contributed by atoms with E-state index >= 15 is 0 Å². The van der Waals surface area contributed by atoms with Gasteiger partial charge in [-0.05, 0) is 20.3 Å². The number of fused-ring (bicyclic) bond motifs is 1. The van der Waals surface area contributed by atoms with E-state index in [-0.39, 0.29) is 11.9 Å². The lowest BCUT2D eigenvalue weighted by Crippen LogP contribution is -2.67. The van der Waals surface area contributed by atoms with E-state index in [0.717, 1.165) is 6.42 Å². The summed E-state index contributed by atoms with van der Waals surface area (Å²) in [5.41, 5.74) is -0.000297. The summed E-state index contributed by atoms with van der Waals surface area (Å²) in [6, 6.07) is 0.0237. The van der Waals surface area contributed by atoms with Crippen LogP contribution in [0.2, 0.25) is 0 Å². The number of ether oxygens (including phenoxy) is 2. The zero-order valence-corrected chi connectivity index (χ0v) is 9.65. The van der Waals surface area contributed by atoms with Gasteiger partial charge < -0.3 is 14.4 Å². The third-order valence-electron chi connectivity index (χ3n) is 2.92. The van der Waals surface area contributed by atoms with Gasteiger partial charge in [0.25, 0.3) is 5.91 Å². The van der Waals surface area contributed by atoms with E-state index in [1.165, 1.54) is 13.2 Å². The fraction of sp³-hybridized carbons (Fsp3) is 0.636. The maximum absolute atomic E-state index is 11.8. The van der Waals surface area contributed by atoms with E-state index in [1.807, 2.05) is 13.8 Å². The lowest BCUT2D eigenvalue weighted by Gasteiger charge is -2.54. The molecule has 2 fully saturated rings. The van der Waals surface area contributed by atoms with E-state index in [0.29, 0.717) is 12.2 Å². The maximum atomic E-state index is 11.8. The van der Waals surface area contributed by atoms with E-state index in [1.54, 1.807) is 4.90 Å². The predicted molar refractivity (Wildman–Crippen MR) is 55.1 cm³/mol. The van der Waals surface area contributed by atoms with Crippen LogP contribution in [0, 0.1) is 0 Å². The molecule has 16 heavy (non-hydrogen) atoms. The standard InChI is InChI=1S/C11H15NO4/c1-7(13)15-6-8-9-4-5-16-11(2,3)12(9)10(8)14/h6,9H,4-5H2,1-3H3. The van der Waals surface area contributed by atoms with Gasteiger partial charge in [0.15, 0.2) is 0 Å². The number of carbonyl (C=O) groups excluding carboxylic acids is 2. The van der Waals surface area contributed by atoms with Crippen LogP contribution in [-0.2, 0) is 19.1 Å². The van der Waals surface area contributed by atoms with Crippen LogP contribution in [0.3, 0.4) is 0 Å². The molecular formula is C11H15NO4. The predicted octanol–water partition coefficient (Wildman–Crippen LogP) is 0.801. The lowest BCUT2D eigenvalue weighted by molar-refractivity contribution is -0.205. The van der Waals surface area contributed by atoms with Gasteiger partial charge in [0.1, 0.15) is 12.0 Å². The molecule has 0 aromatic carbocycles. The van der Waals surface area contributed by atoms with Crippen molar-refractivity contribution < 1.29 is 19.1 Å². The van der Waals surface area contributed by atoms with Crippen LogP contribution in [-0.4, -0.2) is 35.2 Å². The van der Waals surface area contributed by atoms with E-state index in [2.05, 4.69) is 0 Å². The first-order chi connectivity index (χ1) is 7.43. The van der Waals surface area contributed by atoms with Crippen molar-refractivity contribution in [3.05, 3.63) is 11.8 Å². The molecule has 2 aliphatic rings. The molecule has 1 atom stereocenters. The second-order valence-corrected chi connectivity index (χ2v) is 4.46. The highest BCUT2D eigenvalue weighted by Crippen LogP contribution is 2.39. The van der Waals surface area contributed by atoms with Crippen molar-refractivity contribution in [1.29, 1.82) is 0 Å². The molecule has 5 heteroatoms. The first-order valence-corrected chi connectivity index (χ1v) is 5.28. The number of amides is 1. The molecule has 0 saturated carbocycles. The highest BCUT2D eigenvalue weighted by Gasteiger charge is 2.52. The quantitative estimate of drug-likeness (QED) is 0.287. The number of carbonyl (C=O) groups is 2. The van der Waals surface area contributed by atoms with Crippen LogP contribution in [0.25, 0.3) is 0 Å². The van der Waals surface area contributed by atoms with E-state index in [9.17, 15) is 9.59 Å². The molecule has 0 aromatic rings. The molecular weight excluding hydrogens is 210 g/mol. The van der Waals surface area contributed by atoms with Crippen molar-refractivity contribution in [2.45, 2.75) is 39.0 Å². The number of rotatable bonds is 1. The highest BCUT2D eigenvalue weighted by molar-refractivity contribution is 6.02. The first kappa shape index (κ1) is 11.1. The van der Waals surface area contributed by atoms with Gasteiger partial charge in [0.2, 0.25) is 0 Å². The van der Waals surface area contributed by atoms with Gasteiger partial charge in [-0.15, -0.1) is 0 Å². The monoisotopic (exact) mass is 225 g/mol. The molecule has 88 valence electrons. The minimum atomic E-state index is -0.562. The number of esters is 1. The second-order valence-electron chi connectivity index (χ2n) is 4.46. The number of β-lactam (4-membered cyclic amide) rings is 1. The van der Waals surface area contributed by atoms with Crippen LogP contribution in [0.5, 0.6) is 0 Å². The normalized spacial score (nSPS) is 29.7. The van der Waals surface area contributed by atoms with Crippen LogP contribution >= 0.6 is 0 Å². The number of hydrogen-bond donors (Lipinski definition) is 0. The SMILES string of the molecule is CC(=O)OC=C1C(=O)N2C1CCOC2(C)C. The highest BCUT2D eigenvalue weighted by atomic mass is 16.5. The Kier molecular flexibility index (Phi) is 2.50. The van der Waals surface area contributed by atoms with Crippen LogP contribution in [0.4, 0.5) is 0 Å². The topological polar surface area (TPSA) is 55.8 Å². The van der Waals surface area contributed by atoms with Crippen LogP contribution in [0.1, 0.15) is 27.2 Å². The number of hydrogen-bond acceptors (Lipinski definition) is 4. The fourth-order valence-electron chi connectivity index (χ4n) is 2.17. The van der Waals surface area contributed by atoms with Crippen molar-refractivity contribution in [2.75, 3.05) is 6.61 Å². The van der Waals surface area contributed by atoms with Gasteiger partial charge in [-0.3, -0.25) is 9.59 Å². The summed E-state index contributed by atoms with van der Waals surface area (Å²) in [7, 11) is 0. The van der Waals surface area contributed by atoms with E-state index in [4.69, 9.17) is 9.47 Å². The molecule has 0 N–H and O–H groups in total. The summed E-state index contributed by atoms with van der Waals surface area (Å²) in [6.07, 6.45) is 2.02. The van der Waals surface area contributed by atoms with Gasteiger partial charge in [-0.1, -0.05) is 0 Å². The van der Waals surface area contributed by atoms with Crippen molar-refractivity contribution >= 4 is 11.9 Å². The van der Waals surface area contributed by atoms with Crippen molar-refractivity contribution in [3.63, 3.8) is 0 Å². The molecule has 0 aromatic heterocycles. The van der Waals surface area contributed by atoms with Gasteiger partial charge in [0, 0.05) is 6.92 Å². The summed E-state index contributed by atoms with van der Waals surface area (Å²) in [5, 5.41) is 0. The van der Waals surface area contributed by atoms with Crippen LogP contribution < -0.4 is 0 Å². The summed E-state index contributed by atoms with van der Waals surface area (Å²) in [4.78, 5) is 24.2. The Hall–Kier alpha value is -1.36. The molecule has 2 aliphatic heterocycles. The Morgan fingerprint density at radius 2 is 2.31 bits per heavy atom. The minimum absolute atomic E-state index is 0.0237. The van der Waals surface area contributed by atoms with Crippen molar-refractivity contribution in [3.8, 4) is 0 Å². The third-order valence-corrected chi connectivity index (χ3v) is 2.92. The summed E-state index contributed by atoms with van der Waals surface area (Å²) in [6.45, 7) is 5.64. The Bertz CT molecular complexity index is 372. The van der Waals surface area contributed by atoms with Gasteiger partial charge >= 0.3 is 5.97 Å². The molecule has 0 spiro atoms. The Morgan fingerprint density at radius 3 is 2.94 bits per heavy atom.